The van der Waals surface area contributed by atoms with E-state index < -0.39 is 0 Å². The number of carbonyl (C=O) groups excluding carboxylic acids is 1. The van der Waals surface area contributed by atoms with Crippen molar-refractivity contribution in [2.45, 2.75) is 24.6 Å². The SMILES string of the molecule is CNC1COCC1C(=O)NCC(C)(C)SC. The molecule has 0 aliphatic carbocycles. The Morgan fingerprint density at radius 1 is 1.50 bits per heavy atom. The molecule has 0 saturated carbocycles. The van der Waals surface area contributed by atoms with Crippen LogP contribution in [0.1, 0.15) is 13.8 Å². The van der Waals surface area contributed by atoms with Crippen LogP contribution in [-0.2, 0) is 9.53 Å². The van der Waals surface area contributed by atoms with Crippen LogP contribution in [0, 0.1) is 5.92 Å². The van der Waals surface area contributed by atoms with Crippen LogP contribution < -0.4 is 10.6 Å². The molecule has 0 aromatic rings. The molecule has 1 amide bonds. The number of amides is 1. The molecule has 2 N–H and O–H groups in total. The fraction of sp³-hybridized carbons (Fsp3) is 0.909. The standard InChI is InChI=1S/C11H22N2O2S/c1-11(2,16-4)7-13-10(14)8-5-15-6-9(8)12-3/h8-9,12H,5-7H2,1-4H3,(H,13,14). The molecule has 1 rings (SSSR count). The number of nitrogens with one attached hydrogen (secondary N) is 2. The van der Waals surface area contributed by atoms with Gasteiger partial charge in [0.25, 0.3) is 0 Å². The maximum atomic E-state index is 11.9. The maximum absolute atomic E-state index is 11.9. The minimum absolute atomic E-state index is 0.0531. The Morgan fingerprint density at radius 3 is 2.75 bits per heavy atom. The Hall–Kier alpha value is -0.260. The lowest BCUT2D eigenvalue weighted by Gasteiger charge is -2.24. The minimum Gasteiger partial charge on any atom is -0.379 e. The van der Waals surface area contributed by atoms with Crippen LogP contribution in [0.25, 0.3) is 0 Å². The summed E-state index contributed by atoms with van der Waals surface area (Å²) >= 11 is 1.76. The highest BCUT2D eigenvalue weighted by molar-refractivity contribution is 7.99. The first-order valence-electron chi connectivity index (χ1n) is 5.58. The largest absolute Gasteiger partial charge is 0.379 e. The normalized spacial score (nSPS) is 25.8. The lowest BCUT2D eigenvalue weighted by atomic mass is 10.0. The van der Waals surface area contributed by atoms with E-state index >= 15 is 0 Å². The van der Waals surface area contributed by atoms with E-state index in [2.05, 4.69) is 30.7 Å². The van der Waals surface area contributed by atoms with Crippen molar-refractivity contribution >= 4 is 17.7 Å². The van der Waals surface area contributed by atoms with Gasteiger partial charge in [-0.2, -0.15) is 11.8 Å². The molecule has 0 bridgehead atoms. The predicted molar refractivity (Wildman–Crippen MR) is 67.8 cm³/mol. The lowest BCUT2D eigenvalue weighted by Crippen LogP contribution is -2.45. The fourth-order valence-corrected chi connectivity index (χ4v) is 1.82. The molecule has 2 atom stereocenters. The number of likely N-dealkylation sites (N-methyl/N-ethyl adjacent to an activating group) is 1. The molecule has 1 heterocycles. The molecular weight excluding hydrogens is 224 g/mol. The summed E-state index contributed by atoms with van der Waals surface area (Å²) in [5.41, 5.74) is 0. The summed E-state index contributed by atoms with van der Waals surface area (Å²) in [5, 5.41) is 6.12. The molecule has 0 aromatic carbocycles. The van der Waals surface area contributed by atoms with E-state index in [1.165, 1.54) is 0 Å². The second-order valence-corrected chi connectivity index (χ2v) is 6.23. The molecule has 4 nitrogen and oxygen atoms in total. The van der Waals surface area contributed by atoms with Gasteiger partial charge in [-0.25, -0.2) is 0 Å². The van der Waals surface area contributed by atoms with Crippen molar-refractivity contribution in [1.82, 2.24) is 10.6 Å². The molecule has 0 spiro atoms. The number of hydrogen-bond acceptors (Lipinski definition) is 4. The van der Waals surface area contributed by atoms with Gasteiger partial charge >= 0.3 is 0 Å². The van der Waals surface area contributed by atoms with E-state index in [9.17, 15) is 4.79 Å². The summed E-state index contributed by atoms with van der Waals surface area (Å²) in [7, 11) is 1.87. The number of carbonyl (C=O) groups is 1. The highest BCUT2D eigenvalue weighted by atomic mass is 32.2. The Kier molecular flexibility index (Phi) is 5.08. The van der Waals surface area contributed by atoms with E-state index in [1.54, 1.807) is 11.8 Å². The third-order valence-corrected chi connectivity index (χ3v) is 4.28. The van der Waals surface area contributed by atoms with Gasteiger partial charge in [0, 0.05) is 17.3 Å². The van der Waals surface area contributed by atoms with Crippen LogP contribution in [0.5, 0.6) is 0 Å². The van der Waals surface area contributed by atoms with Crippen LogP contribution in [0.4, 0.5) is 0 Å². The van der Waals surface area contributed by atoms with Gasteiger partial charge in [0.15, 0.2) is 0 Å². The van der Waals surface area contributed by atoms with Crippen molar-refractivity contribution in [3.63, 3.8) is 0 Å². The molecule has 0 aromatic heterocycles. The van der Waals surface area contributed by atoms with Gasteiger partial charge in [-0.15, -0.1) is 0 Å². The molecule has 5 heteroatoms. The van der Waals surface area contributed by atoms with Gasteiger partial charge in [-0.05, 0) is 27.2 Å². The zero-order valence-electron chi connectivity index (χ0n) is 10.5. The van der Waals surface area contributed by atoms with Gasteiger partial charge in [-0.1, -0.05) is 0 Å². The Labute approximate surface area is 102 Å². The second-order valence-electron chi connectivity index (χ2n) is 4.72. The average molecular weight is 246 g/mol. The van der Waals surface area contributed by atoms with Crippen LogP contribution in [0.2, 0.25) is 0 Å². The van der Waals surface area contributed by atoms with E-state index in [1.807, 2.05) is 7.05 Å². The van der Waals surface area contributed by atoms with Gasteiger partial charge < -0.3 is 15.4 Å². The van der Waals surface area contributed by atoms with Crippen molar-refractivity contribution in [2.75, 3.05) is 33.1 Å². The Morgan fingerprint density at radius 2 is 2.19 bits per heavy atom. The van der Waals surface area contributed by atoms with Crippen LogP contribution in [-0.4, -0.2) is 49.8 Å². The van der Waals surface area contributed by atoms with Crippen LogP contribution in [0.3, 0.4) is 0 Å². The minimum atomic E-state index is -0.0531. The summed E-state index contributed by atoms with van der Waals surface area (Å²) in [6.07, 6.45) is 2.06. The Bertz CT molecular complexity index is 246. The number of rotatable bonds is 5. The van der Waals surface area contributed by atoms with Crippen molar-refractivity contribution in [2.24, 2.45) is 5.92 Å². The number of ether oxygens (including phenoxy) is 1. The number of thioether (sulfide) groups is 1. The summed E-state index contributed by atoms with van der Waals surface area (Å²) in [4.78, 5) is 11.9. The molecule has 94 valence electrons. The quantitative estimate of drug-likeness (QED) is 0.741. The molecule has 0 radical (unpaired) electrons. The van der Waals surface area contributed by atoms with Gasteiger partial charge in [0.1, 0.15) is 0 Å². The first-order chi connectivity index (χ1) is 7.50. The third-order valence-electron chi connectivity index (χ3n) is 3.03. The van der Waals surface area contributed by atoms with E-state index in [-0.39, 0.29) is 22.6 Å². The third kappa shape index (κ3) is 3.64. The Balaban J connectivity index is 2.40. The maximum Gasteiger partial charge on any atom is 0.227 e. The molecule has 1 aliphatic heterocycles. The molecule has 16 heavy (non-hydrogen) atoms. The van der Waals surface area contributed by atoms with Crippen molar-refractivity contribution in [3.05, 3.63) is 0 Å². The first-order valence-corrected chi connectivity index (χ1v) is 6.80. The topological polar surface area (TPSA) is 50.4 Å². The smallest absolute Gasteiger partial charge is 0.227 e. The monoisotopic (exact) mass is 246 g/mol. The van der Waals surface area contributed by atoms with E-state index in [4.69, 9.17) is 4.74 Å². The summed E-state index contributed by atoms with van der Waals surface area (Å²) < 4.78 is 5.40. The summed E-state index contributed by atoms with van der Waals surface area (Å²) in [5.74, 6) is 0.0432. The highest BCUT2D eigenvalue weighted by Gasteiger charge is 2.33. The van der Waals surface area contributed by atoms with E-state index in [0.717, 1.165) is 0 Å². The van der Waals surface area contributed by atoms with Crippen LogP contribution in [0.15, 0.2) is 0 Å². The van der Waals surface area contributed by atoms with Crippen LogP contribution >= 0.6 is 11.8 Å². The molecule has 1 aliphatic rings. The van der Waals surface area contributed by atoms with Gasteiger partial charge in [0.2, 0.25) is 5.91 Å². The molecule has 2 unspecified atom stereocenters. The molecule has 1 fully saturated rings. The predicted octanol–water partition coefficient (Wildman–Crippen LogP) is 0.479. The number of hydrogen-bond donors (Lipinski definition) is 2. The van der Waals surface area contributed by atoms with Crippen molar-refractivity contribution in [3.8, 4) is 0 Å². The second kappa shape index (κ2) is 5.89. The molecule has 1 saturated heterocycles. The zero-order valence-corrected chi connectivity index (χ0v) is 11.3. The lowest BCUT2D eigenvalue weighted by molar-refractivity contribution is -0.125. The zero-order chi connectivity index (χ0) is 12.2. The highest BCUT2D eigenvalue weighted by Crippen LogP contribution is 2.20. The van der Waals surface area contributed by atoms with Crippen molar-refractivity contribution in [1.29, 1.82) is 0 Å². The summed E-state index contributed by atoms with van der Waals surface area (Å²) in [6.45, 7) is 6.09. The van der Waals surface area contributed by atoms with Crippen molar-refractivity contribution < 1.29 is 9.53 Å². The van der Waals surface area contributed by atoms with E-state index in [0.29, 0.717) is 19.8 Å². The fourth-order valence-electron chi connectivity index (χ4n) is 1.60. The molecular formula is C11H22N2O2S. The first kappa shape index (κ1) is 13.8. The summed E-state index contributed by atoms with van der Waals surface area (Å²) in [6, 6.07) is 0.150. The van der Waals surface area contributed by atoms with Gasteiger partial charge in [-0.3, -0.25) is 4.79 Å². The average Bonchev–Trinajstić information content (AvgIpc) is 2.74. The van der Waals surface area contributed by atoms with Gasteiger partial charge in [0.05, 0.1) is 19.1 Å².